The molecule has 1 aromatic rings. The highest BCUT2D eigenvalue weighted by Gasteiger charge is 2.12. The molecule has 0 aliphatic heterocycles. The van der Waals surface area contributed by atoms with Gasteiger partial charge in [-0.3, -0.25) is 0 Å². The maximum atomic E-state index is 4.51. The van der Waals surface area contributed by atoms with E-state index < -0.39 is 0 Å². The molecule has 0 radical (unpaired) electrons. The van der Waals surface area contributed by atoms with Gasteiger partial charge in [0.05, 0.1) is 10.7 Å². The van der Waals surface area contributed by atoms with E-state index in [9.17, 15) is 0 Å². The summed E-state index contributed by atoms with van der Waals surface area (Å²) in [5.74, 6) is 0.794. The topological polar surface area (TPSA) is 24.9 Å². The number of hydrogen-bond acceptors (Lipinski definition) is 3. The third kappa shape index (κ3) is 4.31. The maximum Gasteiger partial charge on any atom is 0.0897 e. The fraction of sp³-hybridized carbons (Fsp3) is 0.750. The standard InChI is InChI=1S/C12H22N2S/c1-5-9(2)6-11(13-4)7-12-8-15-10(3)14-12/h8-9,11,13H,5-7H2,1-4H3. The summed E-state index contributed by atoms with van der Waals surface area (Å²) in [7, 11) is 2.05. The van der Waals surface area contributed by atoms with Crippen molar-refractivity contribution in [2.75, 3.05) is 7.05 Å². The average molecular weight is 226 g/mol. The van der Waals surface area contributed by atoms with E-state index in [2.05, 4.69) is 36.5 Å². The number of rotatable bonds is 6. The Bertz CT molecular complexity index is 283. The number of likely N-dealkylation sites (N-methyl/N-ethyl adjacent to an activating group) is 1. The van der Waals surface area contributed by atoms with Crippen LogP contribution in [0.2, 0.25) is 0 Å². The van der Waals surface area contributed by atoms with Crippen LogP contribution in [0, 0.1) is 12.8 Å². The molecule has 0 aliphatic rings. The minimum Gasteiger partial charge on any atom is -0.317 e. The van der Waals surface area contributed by atoms with Gasteiger partial charge in [0.1, 0.15) is 0 Å². The molecule has 0 amide bonds. The molecule has 0 fully saturated rings. The van der Waals surface area contributed by atoms with Crippen molar-refractivity contribution in [1.82, 2.24) is 10.3 Å². The normalized spacial score (nSPS) is 15.2. The van der Waals surface area contributed by atoms with Crippen molar-refractivity contribution < 1.29 is 0 Å². The number of nitrogens with one attached hydrogen (secondary N) is 1. The molecule has 2 unspecified atom stereocenters. The Morgan fingerprint density at radius 2 is 2.27 bits per heavy atom. The number of aryl methyl sites for hydroxylation is 1. The van der Waals surface area contributed by atoms with Crippen molar-refractivity contribution in [3.05, 3.63) is 16.1 Å². The largest absolute Gasteiger partial charge is 0.317 e. The second kappa shape index (κ2) is 6.23. The zero-order chi connectivity index (χ0) is 11.3. The van der Waals surface area contributed by atoms with E-state index in [-0.39, 0.29) is 0 Å². The molecular formula is C12H22N2S. The quantitative estimate of drug-likeness (QED) is 0.806. The van der Waals surface area contributed by atoms with E-state index in [0.29, 0.717) is 6.04 Å². The molecule has 15 heavy (non-hydrogen) atoms. The van der Waals surface area contributed by atoms with E-state index >= 15 is 0 Å². The van der Waals surface area contributed by atoms with Gasteiger partial charge in [-0.1, -0.05) is 20.3 Å². The van der Waals surface area contributed by atoms with Gasteiger partial charge >= 0.3 is 0 Å². The van der Waals surface area contributed by atoms with E-state index in [1.807, 2.05) is 7.05 Å². The summed E-state index contributed by atoms with van der Waals surface area (Å²) < 4.78 is 0. The maximum absolute atomic E-state index is 4.51. The van der Waals surface area contributed by atoms with Crippen LogP contribution in [0.3, 0.4) is 0 Å². The molecule has 0 bridgehead atoms. The van der Waals surface area contributed by atoms with Crippen LogP contribution in [-0.2, 0) is 6.42 Å². The van der Waals surface area contributed by atoms with Gasteiger partial charge in [-0.25, -0.2) is 4.98 Å². The molecule has 1 heterocycles. The molecule has 2 nitrogen and oxygen atoms in total. The van der Waals surface area contributed by atoms with Crippen LogP contribution in [-0.4, -0.2) is 18.1 Å². The lowest BCUT2D eigenvalue weighted by atomic mass is 9.97. The third-order valence-electron chi connectivity index (χ3n) is 2.91. The zero-order valence-corrected chi connectivity index (χ0v) is 11.0. The van der Waals surface area contributed by atoms with Crippen molar-refractivity contribution in [2.24, 2.45) is 5.92 Å². The van der Waals surface area contributed by atoms with E-state index in [0.717, 1.165) is 12.3 Å². The summed E-state index contributed by atoms with van der Waals surface area (Å²) in [6.07, 6.45) is 3.56. The summed E-state index contributed by atoms with van der Waals surface area (Å²) >= 11 is 1.74. The van der Waals surface area contributed by atoms with Gasteiger partial charge in [0.15, 0.2) is 0 Å². The van der Waals surface area contributed by atoms with Gasteiger partial charge in [0.25, 0.3) is 0 Å². The number of nitrogens with zero attached hydrogens (tertiary/aromatic N) is 1. The van der Waals surface area contributed by atoms with Crippen LogP contribution in [0.1, 0.15) is 37.4 Å². The molecule has 0 spiro atoms. The minimum atomic E-state index is 0.571. The smallest absolute Gasteiger partial charge is 0.0897 e. The molecule has 3 heteroatoms. The molecule has 0 aliphatic carbocycles. The Kier molecular flexibility index (Phi) is 5.26. The van der Waals surface area contributed by atoms with Gasteiger partial charge in [-0.2, -0.15) is 0 Å². The summed E-state index contributed by atoms with van der Waals surface area (Å²) in [4.78, 5) is 4.51. The van der Waals surface area contributed by atoms with Crippen LogP contribution < -0.4 is 5.32 Å². The summed E-state index contributed by atoms with van der Waals surface area (Å²) in [6, 6.07) is 0.571. The molecule has 2 atom stereocenters. The Morgan fingerprint density at radius 1 is 1.53 bits per heavy atom. The summed E-state index contributed by atoms with van der Waals surface area (Å²) in [5.41, 5.74) is 1.24. The fourth-order valence-electron chi connectivity index (χ4n) is 1.71. The minimum absolute atomic E-state index is 0.571. The first-order valence-electron chi connectivity index (χ1n) is 5.74. The van der Waals surface area contributed by atoms with Gasteiger partial charge in [0.2, 0.25) is 0 Å². The van der Waals surface area contributed by atoms with Crippen molar-refractivity contribution >= 4 is 11.3 Å². The monoisotopic (exact) mass is 226 g/mol. The molecule has 0 saturated heterocycles. The first-order valence-corrected chi connectivity index (χ1v) is 6.62. The highest BCUT2D eigenvalue weighted by Crippen LogP contribution is 2.15. The number of hydrogen-bond donors (Lipinski definition) is 1. The second-order valence-electron chi connectivity index (χ2n) is 4.30. The predicted octanol–water partition coefficient (Wildman–Crippen LogP) is 3.02. The number of aromatic nitrogens is 1. The van der Waals surface area contributed by atoms with Crippen LogP contribution in [0.15, 0.2) is 5.38 Å². The zero-order valence-electron chi connectivity index (χ0n) is 10.2. The summed E-state index contributed by atoms with van der Waals surface area (Å²) in [6.45, 7) is 6.64. The third-order valence-corrected chi connectivity index (χ3v) is 3.74. The van der Waals surface area contributed by atoms with Gasteiger partial charge in [-0.05, 0) is 26.3 Å². The van der Waals surface area contributed by atoms with E-state index in [4.69, 9.17) is 0 Å². The fourth-order valence-corrected chi connectivity index (χ4v) is 2.34. The predicted molar refractivity (Wildman–Crippen MR) is 67.5 cm³/mol. The lowest BCUT2D eigenvalue weighted by Gasteiger charge is -2.18. The first-order chi connectivity index (χ1) is 7.15. The Hall–Kier alpha value is -0.410. The first kappa shape index (κ1) is 12.7. The molecule has 0 aromatic carbocycles. The molecule has 1 rings (SSSR count). The second-order valence-corrected chi connectivity index (χ2v) is 5.36. The van der Waals surface area contributed by atoms with Crippen molar-refractivity contribution in [3.8, 4) is 0 Å². The van der Waals surface area contributed by atoms with Crippen LogP contribution in [0.4, 0.5) is 0 Å². The van der Waals surface area contributed by atoms with Crippen molar-refractivity contribution in [3.63, 3.8) is 0 Å². The van der Waals surface area contributed by atoms with Crippen molar-refractivity contribution in [1.29, 1.82) is 0 Å². The highest BCUT2D eigenvalue weighted by atomic mass is 32.1. The van der Waals surface area contributed by atoms with E-state index in [1.54, 1.807) is 11.3 Å². The van der Waals surface area contributed by atoms with Gasteiger partial charge in [0, 0.05) is 17.8 Å². The number of thiazole rings is 1. The average Bonchev–Trinajstić information content (AvgIpc) is 2.62. The van der Waals surface area contributed by atoms with E-state index in [1.165, 1.54) is 23.5 Å². The molecule has 86 valence electrons. The Morgan fingerprint density at radius 3 is 2.73 bits per heavy atom. The molecule has 1 N–H and O–H groups in total. The highest BCUT2D eigenvalue weighted by molar-refractivity contribution is 7.09. The lowest BCUT2D eigenvalue weighted by molar-refractivity contribution is 0.408. The molecular weight excluding hydrogens is 204 g/mol. The lowest BCUT2D eigenvalue weighted by Crippen LogP contribution is -2.29. The molecule has 1 aromatic heterocycles. The Labute approximate surface area is 97.1 Å². The van der Waals surface area contributed by atoms with Crippen molar-refractivity contribution in [2.45, 2.75) is 46.1 Å². The van der Waals surface area contributed by atoms with Gasteiger partial charge in [-0.15, -0.1) is 11.3 Å². The van der Waals surface area contributed by atoms with Crippen LogP contribution in [0.5, 0.6) is 0 Å². The van der Waals surface area contributed by atoms with Crippen LogP contribution in [0.25, 0.3) is 0 Å². The summed E-state index contributed by atoms with van der Waals surface area (Å²) in [5, 5.41) is 6.74. The Balaban J connectivity index is 2.46. The molecule has 0 saturated carbocycles. The van der Waals surface area contributed by atoms with Gasteiger partial charge < -0.3 is 5.32 Å². The SMILES string of the molecule is CCC(C)CC(Cc1csc(C)n1)NC. The van der Waals surface area contributed by atoms with Crippen LogP contribution >= 0.6 is 11.3 Å².